The van der Waals surface area contributed by atoms with Gasteiger partial charge in [0.05, 0.1) is 10.6 Å². The van der Waals surface area contributed by atoms with Gasteiger partial charge in [0.25, 0.3) is 5.91 Å². The Kier molecular flexibility index (Phi) is 4.07. The summed E-state index contributed by atoms with van der Waals surface area (Å²) in [6.07, 6.45) is 0. The van der Waals surface area contributed by atoms with Crippen molar-refractivity contribution in [2.24, 2.45) is 11.1 Å². The van der Waals surface area contributed by atoms with E-state index >= 15 is 0 Å². The number of hydrogen-bond donors (Lipinski definition) is 2. The van der Waals surface area contributed by atoms with Crippen molar-refractivity contribution >= 4 is 15.7 Å². The van der Waals surface area contributed by atoms with E-state index in [1.54, 1.807) is 39.0 Å². The number of nitrogens with two attached hydrogens (primary N) is 1. The van der Waals surface area contributed by atoms with Gasteiger partial charge in [0, 0.05) is 5.41 Å². The molecule has 5 nitrogen and oxygen atoms in total. The summed E-state index contributed by atoms with van der Waals surface area (Å²) in [6.45, 7) is 4.70. The van der Waals surface area contributed by atoms with E-state index in [0.29, 0.717) is 0 Å². The molecule has 0 bridgehead atoms. The molecule has 1 aromatic rings. The monoisotopic (exact) mass is 285 g/mol. The van der Waals surface area contributed by atoms with Crippen LogP contribution in [0.2, 0.25) is 0 Å². The zero-order valence-electron chi connectivity index (χ0n) is 11.3. The molecule has 6 heteroatoms. The third kappa shape index (κ3) is 3.13. The van der Waals surface area contributed by atoms with E-state index in [1.165, 1.54) is 12.1 Å². The number of sulfone groups is 1. The maximum atomic E-state index is 12.2. The Hall–Kier alpha value is -1.40. The first-order valence-electron chi connectivity index (χ1n) is 5.81. The van der Waals surface area contributed by atoms with Crippen molar-refractivity contribution in [3.63, 3.8) is 0 Å². The largest absolute Gasteiger partial charge is 0.378 e. The molecular weight excluding hydrogens is 266 g/mol. The van der Waals surface area contributed by atoms with Crippen molar-refractivity contribution in [2.75, 3.05) is 5.75 Å². The molecule has 0 saturated heterocycles. The van der Waals surface area contributed by atoms with Crippen LogP contribution in [-0.4, -0.2) is 30.8 Å². The molecule has 0 saturated carbocycles. The topological polar surface area (TPSA) is 97.5 Å². The van der Waals surface area contributed by atoms with Crippen LogP contribution in [0.15, 0.2) is 35.2 Å². The summed E-state index contributed by atoms with van der Waals surface area (Å²) in [5.41, 5.74) is 2.08. The first kappa shape index (κ1) is 15.7. The van der Waals surface area contributed by atoms with Gasteiger partial charge in [0.15, 0.2) is 15.4 Å². The molecular formula is C13H19NO4S. The van der Waals surface area contributed by atoms with Gasteiger partial charge in [-0.3, -0.25) is 4.79 Å². The summed E-state index contributed by atoms with van der Waals surface area (Å²) < 4.78 is 24.5. The van der Waals surface area contributed by atoms with Gasteiger partial charge in [-0.1, -0.05) is 39.0 Å². The molecule has 19 heavy (non-hydrogen) atoms. The normalized spacial score (nSPS) is 15.8. The van der Waals surface area contributed by atoms with Crippen molar-refractivity contribution in [3.05, 3.63) is 30.3 Å². The summed E-state index contributed by atoms with van der Waals surface area (Å²) in [5.74, 6) is -1.78. The average molecular weight is 285 g/mol. The Morgan fingerprint density at radius 2 is 1.68 bits per heavy atom. The van der Waals surface area contributed by atoms with Gasteiger partial charge < -0.3 is 10.8 Å². The fourth-order valence-electron chi connectivity index (χ4n) is 1.64. The highest BCUT2D eigenvalue weighted by Gasteiger charge is 2.49. The molecule has 106 valence electrons. The van der Waals surface area contributed by atoms with Crippen LogP contribution in [0.4, 0.5) is 0 Å². The lowest BCUT2D eigenvalue weighted by Crippen LogP contribution is -2.57. The van der Waals surface area contributed by atoms with Crippen LogP contribution in [0, 0.1) is 5.41 Å². The van der Waals surface area contributed by atoms with E-state index in [0.717, 1.165) is 0 Å². The highest BCUT2D eigenvalue weighted by Crippen LogP contribution is 2.33. The minimum absolute atomic E-state index is 0.0546. The number of carbonyl (C=O) groups is 1. The standard InChI is InChI=1S/C13H19NO4S/c1-12(2,3)13(16,11(14)15)9-19(17,18)10-7-5-4-6-8-10/h4-8,16H,9H2,1-3H3,(H2,14,15). The highest BCUT2D eigenvalue weighted by molar-refractivity contribution is 7.91. The van der Waals surface area contributed by atoms with E-state index in [-0.39, 0.29) is 4.90 Å². The second-order valence-electron chi connectivity index (χ2n) is 5.55. The third-order valence-electron chi connectivity index (χ3n) is 3.15. The summed E-state index contributed by atoms with van der Waals surface area (Å²) in [6, 6.07) is 7.67. The summed E-state index contributed by atoms with van der Waals surface area (Å²) in [5, 5.41) is 10.4. The molecule has 0 fully saturated rings. The third-order valence-corrected chi connectivity index (χ3v) is 4.94. The molecule has 0 radical (unpaired) electrons. The Morgan fingerprint density at radius 3 is 2.05 bits per heavy atom. The molecule has 0 aliphatic heterocycles. The molecule has 0 heterocycles. The minimum Gasteiger partial charge on any atom is -0.378 e. The maximum absolute atomic E-state index is 12.2. The van der Waals surface area contributed by atoms with Gasteiger partial charge >= 0.3 is 0 Å². The quantitative estimate of drug-likeness (QED) is 0.851. The second kappa shape index (κ2) is 4.94. The summed E-state index contributed by atoms with van der Waals surface area (Å²) in [4.78, 5) is 11.5. The molecule has 3 N–H and O–H groups in total. The second-order valence-corrected chi connectivity index (χ2v) is 7.54. The fraction of sp³-hybridized carbons (Fsp3) is 0.462. The van der Waals surface area contributed by atoms with Crippen LogP contribution in [0.5, 0.6) is 0 Å². The molecule has 0 spiro atoms. The van der Waals surface area contributed by atoms with Crippen LogP contribution in [-0.2, 0) is 14.6 Å². The van der Waals surface area contributed by atoms with Gasteiger partial charge in [-0.2, -0.15) is 0 Å². The van der Waals surface area contributed by atoms with Crippen molar-refractivity contribution in [1.82, 2.24) is 0 Å². The van der Waals surface area contributed by atoms with Crippen molar-refractivity contribution in [3.8, 4) is 0 Å². The number of primary amides is 1. The lowest BCUT2D eigenvalue weighted by molar-refractivity contribution is -0.144. The van der Waals surface area contributed by atoms with E-state index < -0.39 is 32.5 Å². The zero-order chi connectivity index (χ0) is 14.9. The first-order valence-corrected chi connectivity index (χ1v) is 7.46. The van der Waals surface area contributed by atoms with Crippen molar-refractivity contribution < 1.29 is 18.3 Å². The minimum atomic E-state index is -3.80. The summed E-state index contributed by atoms with van der Waals surface area (Å²) >= 11 is 0. The van der Waals surface area contributed by atoms with Gasteiger partial charge in [0.2, 0.25) is 0 Å². The molecule has 0 aromatic heterocycles. The maximum Gasteiger partial charge on any atom is 0.251 e. The Balaban J connectivity index is 3.23. The average Bonchev–Trinajstić information content (AvgIpc) is 2.28. The molecule has 1 unspecified atom stereocenters. The predicted octanol–water partition coefficient (Wildman–Crippen LogP) is 0.723. The van der Waals surface area contributed by atoms with Crippen LogP contribution >= 0.6 is 0 Å². The summed E-state index contributed by atoms with van der Waals surface area (Å²) in [7, 11) is -3.80. The van der Waals surface area contributed by atoms with Gasteiger partial charge in [-0.05, 0) is 12.1 Å². The SMILES string of the molecule is CC(C)(C)C(O)(CS(=O)(=O)c1ccccc1)C(N)=O. The fourth-order valence-corrected chi connectivity index (χ4v) is 3.51. The van der Waals surface area contributed by atoms with E-state index in [1.807, 2.05) is 0 Å². The highest BCUT2D eigenvalue weighted by atomic mass is 32.2. The van der Waals surface area contributed by atoms with E-state index in [9.17, 15) is 18.3 Å². The molecule has 1 amide bonds. The Morgan fingerprint density at radius 1 is 1.21 bits per heavy atom. The van der Waals surface area contributed by atoms with Gasteiger partial charge in [0.1, 0.15) is 0 Å². The van der Waals surface area contributed by atoms with Crippen LogP contribution in [0.3, 0.4) is 0 Å². The number of aliphatic hydroxyl groups is 1. The molecule has 0 aliphatic carbocycles. The van der Waals surface area contributed by atoms with Gasteiger partial charge in [-0.15, -0.1) is 0 Å². The number of rotatable bonds is 4. The number of amides is 1. The first-order chi connectivity index (χ1) is 8.51. The van der Waals surface area contributed by atoms with E-state index in [4.69, 9.17) is 5.73 Å². The van der Waals surface area contributed by atoms with Crippen molar-refractivity contribution in [2.45, 2.75) is 31.3 Å². The number of carbonyl (C=O) groups excluding carboxylic acids is 1. The van der Waals surface area contributed by atoms with Crippen molar-refractivity contribution in [1.29, 1.82) is 0 Å². The predicted molar refractivity (Wildman–Crippen MR) is 72.1 cm³/mol. The zero-order valence-corrected chi connectivity index (χ0v) is 12.1. The Bertz CT molecular complexity index is 560. The number of benzene rings is 1. The smallest absolute Gasteiger partial charge is 0.251 e. The van der Waals surface area contributed by atoms with E-state index in [2.05, 4.69) is 0 Å². The Labute approximate surface area is 113 Å². The van der Waals surface area contributed by atoms with Crippen LogP contribution in [0.1, 0.15) is 20.8 Å². The molecule has 1 atom stereocenters. The van der Waals surface area contributed by atoms with Gasteiger partial charge in [-0.25, -0.2) is 8.42 Å². The molecule has 1 aromatic carbocycles. The van der Waals surface area contributed by atoms with Crippen LogP contribution in [0.25, 0.3) is 0 Å². The molecule has 1 rings (SSSR count). The van der Waals surface area contributed by atoms with Crippen LogP contribution < -0.4 is 5.73 Å². The lowest BCUT2D eigenvalue weighted by atomic mass is 9.77. The lowest BCUT2D eigenvalue weighted by Gasteiger charge is -2.37. The molecule has 0 aliphatic rings. The number of hydrogen-bond acceptors (Lipinski definition) is 4.